The molecule has 0 saturated heterocycles. The molecule has 1 aromatic carbocycles. The van der Waals surface area contributed by atoms with Crippen LogP contribution in [-0.2, 0) is 6.61 Å². The largest absolute Gasteiger partial charge is 0.493 e. The van der Waals surface area contributed by atoms with Crippen LogP contribution in [0.5, 0.6) is 11.5 Å². The Balaban J connectivity index is 2.09. The molecule has 0 atom stereocenters. The van der Waals surface area contributed by atoms with Gasteiger partial charge >= 0.3 is 0 Å². The van der Waals surface area contributed by atoms with Crippen molar-refractivity contribution in [1.29, 1.82) is 0 Å². The molecule has 1 aliphatic rings. The van der Waals surface area contributed by atoms with Crippen molar-refractivity contribution in [3.63, 3.8) is 0 Å². The van der Waals surface area contributed by atoms with Gasteiger partial charge in [0.1, 0.15) is 6.61 Å². The second-order valence-corrected chi connectivity index (χ2v) is 4.68. The van der Waals surface area contributed by atoms with E-state index in [-0.39, 0.29) is 6.61 Å². The molecule has 0 heterocycles. The van der Waals surface area contributed by atoms with Gasteiger partial charge in [0.25, 0.3) is 0 Å². The minimum atomic E-state index is 0.00361. The van der Waals surface area contributed by atoms with E-state index in [2.05, 4.69) is 19.1 Å². The van der Waals surface area contributed by atoms with E-state index in [0.29, 0.717) is 18.1 Å². The normalized spacial score (nSPS) is 14.7. The van der Waals surface area contributed by atoms with Gasteiger partial charge in [0, 0.05) is 0 Å². The minimum absolute atomic E-state index is 0.00361. The van der Waals surface area contributed by atoms with Crippen LogP contribution in [0.2, 0.25) is 0 Å². The van der Waals surface area contributed by atoms with Gasteiger partial charge in [0.2, 0.25) is 0 Å². The van der Waals surface area contributed by atoms with Crippen molar-refractivity contribution in [3.05, 3.63) is 47.1 Å². The molecule has 0 unspecified atom stereocenters. The number of aliphatic hydroxyl groups excluding tert-OH is 1. The lowest BCUT2D eigenvalue weighted by molar-refractivity contribution is 0.279. The molecule has 102 valence electrons. The number of rotatable bonds is 5. The lowest BCUT2D eigenvalue weighted by atomic mass is 10.00. The van der Waals surface area contributed by atoms with E-state index in [9.17, 15) is 0 Å². The Bertz CT molecular complexity index is 501. The molecular weight excluding hydrogens is 240 g/mol. The first-order valence-corrected chi connectivity index (χ1v) is 6.50. The van der Waals surface area contributed by atoms with Gasteiger partial charge in [-0.25, -0.2) is 0 Å². The average Bonchev–Trinajstić information content (AvgIpc) is 2.46. The molecule has 19 heavy (non-hydrogen) atoms. The Morgan fingerprint density at radius 2 is 2.11 bits per heavy atom. The first kappa shape index (κ1) is 13.7. The Morgan fingerprint density at radius 3 is 2.79 bits per heavy atom. The van der Waals surface area contributed by atoms with Gasteiger partial charge in [-0.1, -0.05) is 23.8 Å². The van der Waals surface area contributed by atoms with Crippen molar-refractivity contribution in [2.75, 3.05) is 13.7 Å². The van der Waals surface area contributed by atoms with Crippen LogP contribution < -0.4 is 9.47 Å². The van der Waals surface area contributed by atoms with Crippen LogP contribution >= 0.6 is 0 Å². The summed E-state index contributed by atoms with van der Waals surface area (Å²) in [5.74, 6) is 1.36. The molecule has 0 saturated carbocycles. The van der Waals surface area contributed by atoms with E-state index in [4.69, 9.17) is 14.6 Å². The van der Waals surface area contributed by atoms with Crippen LogP contribution in [-0.4, -0.2) is 18.8 Å². The lowest BCUT2D eigenvalue weighted by Gasteiger charge is -2.15. The molecule has 1 N–H and O–H groups in total. The molecule has 1 aliphatic carbocycles. The second kappa shape index (κ2) is 6.43. The van der Waals surface area contributed by atoms with Gasteiger partial charge in [0.05, 0.1) is 13.7 Å². The number of benzene rings is 1. The summed E-state index contributed by atoms with van der Waals surface area (Å²) in [4.78, 5) is 0. The summed E-state index contributed by atoms with van der Waals surface area (Å²) in [6.07, 6.45) is 6.53. The molecule has 3 heteroatoms. The standard InChI is InChI=1S/C16H20O3/c1-12-5-3-4-6-14(12)11-19-15-8-7-13(10-17)9-16(15)18-2/h4,6-9,17H,3,5,10-11H2,1-2H3. The zero-order chi connectivity index (χ0) is 13.7. The van der Waals surface area contributed by atoms with Crippen LogP contribution in [0, 0.1) is 0 Å². The maximum Gasteiger partial charge on any atom is 0.161 e. The third kappa shape index (κ3) is 3.38. The highest BCUT2D eigenvalue weighted by molar-refractivity contribution is 5.43. The van der Waals surface area contributed by atoms with E-state index >= 15 is 0 Å². The van der Waals surface area contributed by atoms with Gasteiger partial charge in [0.15, 0.2) is 11.5 Å². The van der Waals surface area contributed by atoms with Crippen molar-refractivity contribution in [2.45, 2.75) is 26.4 Å². The van der Waals surface area contributed by atoms with Crippen molar-refractivity contribution < 1.29 is 14.6 Å². The molecule has 0 amide bonds. The van der Waals surface area contributed by atoms with Crippen LogP contribution in [0.4, 0.5) is 0 Å². The average molecular weight is 260 g/mol. The fourth-order valence-electron chi connectivity index (χ4n) is 2.08. The smallest absolute Gasteiger partial charge is 0.161 e. The summed E-state index contributed by atoms with van der Waals surface area (Å²) in [5.41, 5.74) is 3.44. The molecule has 0 bridgehead atoms. The Labute approximate surface area is 114 Å². The quantitative estimate of drug-likeness (QED) is 0.883. The molecule has 3 nitrogen and oxygen atoms in total. The summed E-state index contributed by atoms with van der Waals surface area (Å²) in [7, 11) is 1.61. The summed E-state index contributed by atoms with van der Waals surface area (Å²) in [5, 5.41) is 9.10. The molecule has 2 rings (SSSR count). The zero-order valence-corrected chi connectivity index (χ0v) is 11.5. The Morgan fingerprint density at radius 1 is 1.26 bits per heavy atom. The Kier molecular flexibility index (Phi) is 4.63. The highest BCUT2D eigenvalue weighted by atomic mass is 16.5. The molecule has 1 aromatic rings. The van der Waals surface area contributed by atoms with Crippen molar-refractivity contribution >= 4 is 0 Å². The summed E-state index contributed by atoms with van der Waals surface area (Å²) >= 11 is 0. The van der Waals surface area contributed by atoms with Gasteiger partial charge in [-0.2, -0.15) is 0 Å². The number of aliphatic hydroxyl groups is 1. The maximum atomic E-state index is 9.10. The van der Waals surface area contributed by atoms with Gasteiger partial charge in [-0.3, -0.25) is 0 Å². The first-order chi connectivity index (χ1) is 9.24. The fraction of sp³-hybridized carbons (Fsp3) is 0.375. The summed E-state index contributed by atoms with van der Waals surface area (Å²) < 4.78 is 11.1. The van der Waals surface area contributed by atoms with Gasteiger partial charge in [-0.15, -0.1) is 0 Å². The number of hydrogen-bond donors (Lipinski definition) is 1. The number of ether oxygens (including phenoxy) is 2. The van der Waals surface area contributed by atoms with E-state index in [1.807, 2.05) is 12.1 Å². The maximum absolute atomic E-state index is 9.10. The molecule has 0 aromatic heterocycles. The number of methoxy groups -OCH3 is 1. The SMILES string of the molecule is COc1cc(CO)ccc1OCC1=C(C)CCC=C1. The van der Waals surface area contributed by atoms with Gasteiger partial charge in [-0.05, 0) is 43.0 Å². The minimum Gasteiger partial charge on any atom is -0.493 e. The third-order valence-electron chi connectivity index (χ3n) is 3.35. The predicted octanol–water partition coefficient (Wildman–Crippen LogP) is 3.23. The highest BCUT2D eigenvalue weighted by Crippen LogP contribution is 2.29. The van der Waals surface area contributed by atoms with E-state index in [1.54, 1.807) is 13.2 Å². The van der Waals surface area contributed by atoms with Crippen LogP contribution in [0.3, 0.4) is 0 Å². The monoisotopic (exact) mass is 260 g/mol. The topological polar surface area (TPSA) is 38.7 Å². The molecule has 0 fully saturated rings. The van der Waals surface area contributed by atoms with Crippen LogP contribution in [0.15, 0.2) is 41.5 Å². The summed E-state index contributed by atoms with van der Waals surface area (Å²) in [6.45, 7) is 2.70. The van der Waals surface area contributed by atoms with Crippen LogP contribution in [0.25, 0.3) is 0 Å². The number of hydrogen-bond acceptors (Lipinski definition) is 3. The lowest BCUT2D eigenvalue weighted by Crippen LogP contribution is -2.05. The van der Waals surface area contributed by atoms with E-state index in [0.717, 1.165) is 18.4 Å². The van der Waals surface area contributed by atoms with Crippen molar-refractivity contribution in [2.24, 2.45) is 0 Å². The molecule has 0 aliphatic heterocycles. The summed E-state index contributed by atoms with van der Waals surface area (Å²) in [6, 6.07) is 5.48. The van der Waals surface area contributed by atoms with Crippen molar-refractivity contribution in [1.82, 2.24) is 0 Å². The third-order valence-corrected chi connectivity index (χ3v) is 3.35. The first-order valence-electron chi connectivity index (χ1n) is 6.50. The molecular formula is C16H20O3. The van der Waals surface area contributed by atoms with E-state index < -0.39 is 0 Å². The van der Waals surface area contributed by atoms with E-state index in [1.165, 1.54) is 11.1 Å². The molecule has 0 spiro atoms. The number of allylic oxidation sites excluding steroid dienone is 2. The van der Waals surface area contributed by atoms with Crippen molar-refractivity contribution in [3.8, 4) is 11.5 Å². The highest BCUT2D eigenvalue weighted by Gasteiger charge is 2.08. The fourth-order valence-corrected chi connectivity index (χ4v) is 2.08. The van der Waals surface area contributed by atoms with Crippen LogP contribution in [0.1, 0.15) is 25.3 Å². The molecule has 0 radical (unpaired) electrons. The predicted molar refractivity (Wildman–Crippen MR) is 75.5 cm³/mol. The Hall–Kier alpha value is -1.74. The second-order valence-electron chi connectivity index (χ2n) is 4.68. The van der Waals surface area contributed by atoms with Gasteiger partial charge < -0.3 is 14.6 Å². The zero-order valence-electron chi connectivity index (χ0n) is 11.5.